The summed E-state index contributed by atoms with van der Waals surface area (Å²) >= 11 is 12.2. The molecular weight excluding hydrogens is 289 g/mol. The van der Waals surface area contributed by atoms with E-state index in [1.807, 2.05) is 12.1 Å². The molecular formula is C17H21Cl2N. The van der Waals surface area contributed by atoms with Crippen LogP contribution in [0.3, 0.4) is 0 Å². The summed E-state index contributed by atoms with van der Waals surface area (Å²) in [5.74, 6) is 4.33. The number of halogens is 2. The molecule has 4 saturated carbocycles. The Labute approximate surface area is 130 Å². The lowest BCUT2D eigenvalue weighted by molar-refractivity contribution is -0.0471. The molecule has 1 nitrogen and oxygen atoms in total. The average molecular weight is 310 g/mol. The molecule has 1 aromatic carbocycles. The Morgan fingerprint density at radius 3 is 2.05 bits per heavy atom. The molecule has 1 aromatic rings. The van der Waals surface area contributed by atoms with Gasteiger partial charge >= 0.3 is 0 Å². The topological polar surface area (TPSA) is 26.0 Å². The van der Waals surface area contributed by atoms with Crippen LogP contribution < -0.4 is 5.73 Å². The monoisotopic (exact) mass is 309 g/mol. The number of benzene rings is 1. The van der Waals surface area contributed by atoms with Crippen LogP contribution in [-0.2, 0) is 0 Å². The van der Waals surface area contributed by atoms with Crippen molar-refractivity contribution in [3.05, 3.63) is 33.8 Å². The van der Waals surface area contributed by atoms with Gasteiger partial charge in [0.2, 0.25) is 0 Å². The molecule has 0 aromatic heterocycles. The standard InChI is InChI=1S/C17H21Cl2N/c18-14-2-1-11(8-15(14)19)17(20)16-12-4-9-3-10(6-12)7-13(16)5-9/h1-2,8-10,12-13,16-17H,3-7,20H2. The lowest BCUT2D eigenvalue weighted by Gasteiger charge is -2.56. The second-order valence-electron chi connectivity index (χ2n) is 7.21. The van der Waals surface area contributed by atoms with E-state index in [0.717, 1.165) is 29.2 Å². The molecule has 4 aliphatic carbocycles. The molecule has 3 heteroatoms. The van der Waals surface area contributed by atoms with E-state index in [2.05, 4.69) is 6.07 Å². The van der Waals surface area contributed by atoms with Crippen LogP contribution in [-0.4, -0.2) is 0 Å². The van der Waals surface area contributed by atoms with Gasteiger partial charge in [0.25, 0.3) is 0 Å². The first-order chi connectivity index (χ1) is 9.61. The number of hydrogen-bond donors (Lipinski definition) is 1. The first-order valence-electron chi connectivity index (χ1n) is 7.82. The minimum atomic E-state index is 0.125. The van der Waals surface area contributed by atoms with Gasteiger partial charge in [-0.05, 0) is 79.4 Å². The van der Waals surface area contributed by atoms with E-state index in [0.29, 0.717) is 16.0 Å². The highest BCUT2D eigenvalue weighted by Crippen LogP contribution is 2.59. The first kappa shape index (κ1) is 13.4. The van der Waals surface area contributed by atoms with Crippen LogP contribution in [0.5, 0.6) is 0 Å². The highest BCUT2D eigenvalue weighted by atomic mass is 35.5. The van der Waals surface area contributed by atoms with E-state index in [-0.39, 0.29) is 6.04 Å². The van der Waals surface area contributed by atoms with Gasteiger partial charge in [-0.25, -0.2) is 0 Å². The molecule has 0 radical (unpaired) electrons. The molecule has 4 fully saturated rings. The predicted octanol–water partition coefficient (Wildman–Crippen LogP) is 5.07. The largest absolute Gasteiger partial charge is 0.324 e. The zero-order chi connectivity index (χ0) is 13.9. The number of rotatable bonds is 2. The second-order valence-corrected chi connectivity index (χ2v) is 8.02. The summed E-state index contributed by atoms with van der Waals surface area (Å²) in [5.41, 5.74) is 7.80. The maximum absolute atomic E-state index is 6.64. The van der Waals surface area contributed by atoms with E-state index in [1.165, 1.54) is 32.1 Å². The Hall–Kier alpha value is -0.240. The van der Waals surface area contributed by atoms with Crippen LogP contribution in [0.25, 0.3) is 0 Å². The van der Waals surface area contributed by atoms with Gasteiger partial charge in [0.05, 0.1) is 10.0 Å². The van der Waals surface area contributed by atoms with Crippen LogP contribution >= 0.6 is 23.2 Å². The molecule has 4 aliphatic rings. The van der Waals surface area contributed by atoms with Gasteiger partial charge in [0.15, 0.2) is 0 Å². The van der Waals surface area contributed by atoms with Crippen LogP contribution in [0.1, 0.15) is 43.7 Å². The van der Waals surface area contributed by atoms with Crippen LogP contribution in [0.15, 0.2) is 18.2 Å². The maximum atomic E-state index is 6.64. The summed E-state index contributed by atoms with van der Waals surface area (Å²) < 4.78 is 0. The zero-order valence-corrected chi connectivity index (χ0v) is 13.1. The van der Waals surface area contributed by atoms with Crippen molar-refractivity contribution in [3.8, 4) is 0 Å². The number of nitrogens with two attached hydrogens (primary N) is 1. The van der Waals surface area contributed by atoms with E-state index in [1.54, 1.807) is 0 Å². The van der Waals surface area contributed by atoms with Crippen molar-refractivity contribution < 1.29 is 0 Å². The summed E-state index contributed by atoms with van der Waals surface area (Å²) in [6, 6.07) is 6.04. The maximum Gasteiger partial charge on any atom is 0.0595 e. The fourth-order valence-electron chi connectivity index (χ4n) is 5.50. The quantitative estimate of drug-likeness (QED) is 0.811. The molecule has 1 unspecified atom stereocenters. The fourth-order valence-corrected chi connectivity index (χ4v) is 5.80. The Morgan fingerprint density at radius 1 is 0.900 bits per heavy atom. The molecule has 0 saturated heterocycles. The minimum absolute atomic E-state index is 0.125. The highest BCUT2D eigenvalue weighted by molar-refractivity contribution is 6.42. The summed E-state index contributed by atoms with van der Waals surface area (Å²) in [7, 11) is 0. The molecule has 20 heavy (non-hydrogen) atoms. The predicted molar refractivity (Wildman–Crippen MR) is 83.9 cm³/mol. The fraction of sp³-hybridized carbons (Fsp3) is 0.647. The van der Waals surface area contributed by atoms with Crippen molar-refractivity contribution in [3.63, 3.8) is 0 Å². The van der Waals surface area contributed by atoms with Gasteiger partial charge in [0.1, 0.15) is 0 Å². The third-order valence-corrected chi connectivity index (χ3v) is 6.78. The van der Waals surface area contributed by atoms with Gasteiger partial charge in [-0.15, -0.1) is 0 Å². The lowest BCUT2D eigenvalue weighted by Crippen LogP contribution is -2.48. The zero-order valence-electron chi connectivity index (χ0n) is 11.6. The van der Waals surface area contributed by atoms with Crippen molar-refractivity contribution in [2.24, 2.45) is 35.3 Å². The summed E-state index contributed by atoms with van der Waals surface area (Å²) in [4.78, 5) is 0. The first-order valence-corrected chi connectivity index (χ1v) is 8.58. The van der Waals surface area contributed by atoms with Crippen molar-refractivity contribution in [1.82, 2.24) is 0 Å². The summed E-state index contributed by atoms with van der Waals surface area (Å²) in [6.07, 6.45) is 7.13. The summed E-state index contributed by atoms with van der Waals surface area (Å²) in [5, 5.41) is 1.25. The molecule has 108 valence electrons. The van der Waals surface area contributed by atoms with Crippen LogP contribution in [0, 0.1) is 29.6 Å². The smallest absolute Gasteiger partial charge is 0.0595 e. The van der Waals surface area contributed by atoms with Gasteiger partial charge in [-0.2, -0.15) is 0 Å². The van der Waals surface area contributed by atoms with Crippen LogP contribution in [0.4, 0.5) is 0 Å². The van der Waals surface area contributed by atoms with E-state index in [9.17, 15) is 0 Å². The van der Waals surface area contributed by atoms with Crippen molar-refractivity contribution >= 4 is 23.2 Å². The third-order valence-electron chi connectivity index (χ3n) is 6.04. The normalized spacial score (nSPS) is 40.0. The second kappa shape index (κ2) is 4.90. The average Bonchev–Trinajstić information content (AvgIpc) is 2.40. The van der Waals surface area contributed by atoms with Crippen molar-refractivity contribution in [2.75, 3.05) is 0 Å². The Bertz CT molecular complexity index is 500. The molecule has 5 rings (SSSR count). The molecule has 0 spiro atoms. The SMILES string of the molecule is NC(c1ccc(Cl)c(Cl)c1)C1C2CC3CC(C2)CC1C3. The lowest BCUT2D eigenvalue weighted by atomic mass is 9.50. The van der Waals surface area contributed by atoms with E-state index < -0.39 is 0 Å². The van der Waals surface area contributed by atoms with E-state index >= 15 is 0 Å². The van der Waals surface area contributed by atoms with E-state index in [4.69, 9.17) is 28.9 Å². The Kier molecular flexibility index (Phi) is 3.29. The molecule has 1 atom stereocenters. The summed E-state index contributed by atoms with van der Waals surface area (Å²) in [6.45, 7) is 0. The molecule has 4 bridgehead atoms. The van der Waals surface area contributed by atoms with Gasteiger partial charge in [-0.1, -0.05) is 29.3 Å². The molecule has 2 N–H and O–H groups in total. The molecule has 0 aliphatic heterocycles. The Morgan fingerprint density at radius 2 is 1.50 bits per heavy atom. The number of hydrogen-bond acceptors (Lipinski definition) is 1. The molecule has 0 amide bonds. The Balaban J connectivity index is 1.62. The van der Waals surface area contributed by atoms with Crippen LogP contribution in [0.2, 0.25) is 10.0 Å². The minimum Gasteiger partial charge on any atom is -0.324 e. The van der Waals surface area contributed by atoms with Crippen molar-refractivity contribution in [1.29, 1.82) is 0 Å². The van der Waals surface area contributed by atoms with Gasteiger partial charge in [-0.3, -0.25) is 0 Å². The van der Waals surface area contributed by atoms with Gasteiger partial charge in [0, 0.05) is 6.04 Å². The highest BCUT2D eigenvalue weighted by Gasteiger charge is 2.50. The molecule has 0 heterocycles. The third kappa shape index (κ3) is 2.10. The van der Waals surface area contributed by atoms with Crippen molar-refractivity contribution in [2.45, 2.75) is 38.1 Å². The van der Waals surface area contributed by atoms with Gasteiger partial charge < -0.3 is 5.73 Å².